The van der Waals surface area contributed by atoms with E-state index >= 15 is 0 Å². The lowest BCUT2D eigenvalue weighted by atomic mass is 9.86. The highest BCUT2D eigenvalue weighted by Crippen LogP contribution is 2.42. The van der Waals surface area contributed by atoms with Crippen LogP contribution < -0.4 is 5.32 Å². The van der Waals surface area contributed by atoms with Gasteiger partial charge in [-0.2, -0.15) is 0 Å². The molecule has 0 aliphatic carbocycles. The Kier molecular flexibility index (Phi) is 7.49. The van der Waals surface area contributed by atoms with E-state index in [1.165, 1.54) is 5.57 Å². The van der Waals surface area contributed by atoms with Gasteiger partial charge in [0.25, 0.3) is 0 Å². The van der Waals surface area contributed by atoms with E-state index < -0.39 is 16.6 Å². The van der Waals surface area contributed by atoms with E-state index in [1.54, 1.807) is 0 Å². The van der Waals surface area contributed by atoms with Crippen molar-refractivity contribution in [1.82, 2.24) is 5.32 Å². The maximum absolute atomic E-state index is 7.02. The molecule has 1 N–H and O–H groups in total. The summed E-state index contributed by atoms with van der Waals surface area (Å²) in [4.78, 5) is 0. The van der Waals surface area contributed by atoms with Gasteiger partial charge in [-0.25, -0.2) is 0 Å². The summed E-state index contributed by atoms with van der Waals surface area (Å²) in [6, 6.07) is 0. The highest BCUT2D eigenvalue weighted by atomic mass is 28.4. The third-order valence-electron chi connectivity index (χ3n) is 7.02. The topological polar surface area (TPSA) is 30.5 Å². The third-order valence-corrected chi connectivity index (χ3v) is 16.0. The Bertz CT molecular complexity index is 541. The Hall–Kier alpha value is 0.0538. The van der Waals surface area contributed by atoms with E-state index in [-0.39, 0.29) is 21.7 Å². The van der Waals surface area contributed by atoms with Crippen LogP contribution in [0.1, 0.15) is 62.3 Å². The van der Waals surface area contributed by atoms with Crippen molar-refractivity contribution in [3.05, 3.63) is 11.6 Å². The highest BCUT2D eigenvalue weighted by molar-refractivity contribution is 6.74. The molecule has 27 heavy (non-hydrogen) atoms. The Morgan fingerprint density at radius 2 is 1.48 bits per heavy atom. The molecule has 2 atom stereocenters. The van der Waals surface area contributed by atoms with Gasteiger partial charge in [-0.05, 0) is 49.1 Å². The van der Waals surface area contributed by atoms with E-state index in [1.807, 2.05) is 0 Å². The minimum atomic E-state index is -1.89. The van der Waals surface area contributed by atoms with Crippen molar-refractivity contribution in [1.29, 1.82) is 0 Å². The van der Waals surface area contributed by atoms with Gasteiger partial charge in [-0.3, -0.25) is 0 Å². The summed E-state index contributed by atoms with van der Waals surface area (Å²) in [7, 11) is -3.72. The van der Waals surface area contributed by atoms with Crippen LogP contribution >= 0.6 is 0 Å². The van der Waals surface area contributed by atoms with Crippen molar-refractivity contribution >= 4 is 16.6 Å². The average Bonchev–Trinajstić information content (AvgIpc) is 2.82. The predicted octanol–water partition coefficient (Wildman–Crippen LogP) is 6.34. The van der Waals surface area contributed by atoms with Crippen LogP contribution in [0.5, 0.6) is 0 Å². The molecule has 0 aromatic heterocycles. The summed E-state index contributed by atoms with van der Waals surface area (Å²) >= 11 is 0. The molecule has 3 nitrogen and oxygen atoms in total. The highest BCUT2D eigenvalue weighted by Gasteiger charge is 2.49. The summed E-state index contributed by atoms with van der Waals surface area (Å²) in [6.07, 6.45) is 2.51. The van der Waals surface area contributed by atoms with Gasteiger partial charge in [0.15, 0.2) is 16.6 Å². The van der Waals surface area contributed by atoms with Crippen LogP contribution in [0.4, 0.5) is 0 Å². The molecule has 0 saturated heterocycles. The fraction of sp³-hybridized carbons (Fsp3) is 0.909. The molecule has 1 aliphatic heterocycles. The molecular formula is C22H47NO2Si2. The smallest absolute Gasteiger partial charge is 0.192 e. The maximum atomic E-state index is 7.02. The van der Waals surface area contributed by atoms with Crippen molar-refractivity contribution in [3.8, 4) is 0 Å². The zero-order valence-electron chi connectivity index (χ0n) is 20.5. The predicted molar refractivity (Wildman–Crippen MR) is 125 cm³/mol. The van der Waals surface area contributed by atoms with Crippen molar-refractivity contribution in [2.24, 2.45) is 5.92 Å². The number of nitrogens with one attached hydrogen (secondary N) is 1. The van der Waals surface area contributed by atoms with Gasteiger partial charge in [0.2, 0.25) is 0 Å². The Morgan fingerprint density at radius 3 is 1.81 bits per heavy atom. The lowest BCUT2D eigenvalue weighted by Crippen LogP contribution is -2.62. The quantitative estimate of drug-likeness (QED) is 0.390. The van der Waals surface area contributed by atoms with Crippen molar-refractivity contribution < 1.29 is 8.85 Å². The molecule has 1 aliphatic rings. The van der Waals surface area contributed by atoms with Gasteiger partial charge >= 0.3 is 0 Å². The normalized spacial score (nSPS) is 23.7. The molecule has 0 amide bonds. The van der Waals surface area contributed by atoms with Gasteiger partial charge < -0.3 is 14.2 Å². The third kappa shape index (κ3) is 5.78. The molecule has 1 rings (SSSR count). The maximum Gasteiger partial charge on any atom is 0.192 e. The molecular weight excluding hydrogens is 366 g/mol. The Labute approximate surface area is 171 Å². The zero-order valence-corrected chi connectivity index (χ0v) is 22.5. The SMILES string of the molecule is CC1=C[C@@](CO[Si](C)(C)C(C)(C)C)([C@@H](O[Si](C)(C)C(C)(C)C)C(C)C)NC1. The van der Waals surface area contributed by atoms with Crippen LogP contribution in [0.2, 0.25) is 36.3 Å². The van der Waals surface area contributed by atoms with Crippen LogP contribution in [0, 0.1) is 5.92 Å². The van der Waals surface area contributed by atoms with E-state index in [0.29, 0.717) is 12.5 Å². The molecule has 0 aromatic rings. The molecule has 0 bridgehead atoms. The molecule has 0 saturated carbocycles. The van der Waals surface area contributed by atoms with E-state index in [4.69, 9.17) is 8.85 Å². The van der Waals surface area contributed by atoms with E-state index in [2.05, 4.69) is 99.9 Å². The summed E-state index contributed by atoms with van der Waals surface area (Å²) in [6.45, 7) is 31.7. The van der Waals surface area contributed by atoms with E-state index in [0.717, 1.165) is 6.54 Å². The van der Waals surface area contributed by atoms with Crippen molar-refractivity contribution in [2.75, 3.05) is 13.2 Å². The van der Waals surface area contributed by atoms with Crippen molar-refractivity contribution in [2.45, 2.75) is 110 Å². The molecule has 1 heterocycles. The van der Waals surface area contributed by atoms with Crippen LogP contribution in [0.25, 0.3) is 0 Å². The summed E-state index contributed by atoms with van der Waals surface area (Å²) in [5.41, 5.74) is 1.15. The monoisotopic (exact) mass is 413 g/mol. The lowest BCUT2D eigenvalue weighted by Gasteiger charge is -2.48. The Balaban J connectivity index is 3.23. The van der Waals surface area contributed by atoms with Gasteiger partial charge in [0.05, 0.1) is 18.2 Å². The number of hydrogen-bond donors (Lipinski definition) is 1. The number of hydrogen-bond acceptors (Lipinski definition) is 3. The Morgan fingerprint density at radius 1 is 1.00 bits per heavy atom. The first-order chi connectivity index (χ1) is 11.8. The van der Waals surface area contributed by atoms with Gasteiger partial charge in [-0.15, -0.1) is 0 Å². The first-order valence-corrected chi connectivity index (χ1v) is 16.4. The van der Waals surface area contributed by atoms with Gasteiger partial charge in [0.1, 0.15) is 0 Å². The number of rotatable bonds is 7. The van der Waals surface area contributed by atoms with Gasteiger partial charge in [-0.1, -0.05) is 67.0 Å². The minimum Gasteiger partial charge on any atom is -0.415 e. The summed E-state index contributed by atoms with van der Waals surface area (Å²) < 4.78 is 13.7. The molecule has 0 aromatic carbocycles. The molecule has 0 fully saturated rings. The van der Waals surface area contributed by atoms with Crippen molar-refractivity contribution in [3.63, 3.8) is 0 Å². The van der Waals surface area contributed by atoms with E-state index in [9.17, 15) is 0 Å². The summed E-state index contributed by atoms with van der Waals surface area (Å²) in [5.74, 6) is 0.414. The second-order valence-electron chi connectivity index (χ2n) is 12.0. The van der Waals surface area contributed by atoms with Crippen LogP contribution in [-0.4, -0.2) is 41.4 Å². The van der Waals surface area contributed by atoms with Crippen LogP contribution in [-0.2, 0) is 8.85 Å². The lowest BCUT2D eigenvalue weighted by molar-refractivity contribution is 0.0339. The summed E-state index contributed by atoms with van der Waals surface area (Å²) in [5, 5.41) is 4.20. The molecule has 5 heteroatoms. The minimum absolute atomic E-state index is 0.112. The van der Waals surface area contributed by atoms with Crippen LogP contribution in [0.3, 0.4) is 0 Å². The standard InChI is InChI=1S/C22H47NO2Si2/c1-17(2)19(25-27(12,13)21(7,8)9)22(14-18(3)15-23-22)16-24-26(10,11)20(4,5)6/h14,17,19,23H,15-16H2,1-13H3/t19-,22+/m0/s1. The molecule has 0 unspecified atom stereocenters. The second kappa shape index (κ2) is 8.06. The first-order valence-electron chi connectivity index (χ1n) is 10.6. The largest absolute Gasteiger partial charge is 0.415 e. The fourth-order valence-corrected chi connectivity index (χ4v) is 5.55. The fourth-order valence-electron chi connectivity index (χ4n) is 3.05. The molecule has 160 valence electrons. The molecule has 0 spiro atoms. The average molecular weight is 414 g/mol. The first kappa shape index (κ1) is 25.1. The molecule has 0 radical (unpaired) electrons. The van der Waals surface area contributed by atoms with Crippen LogP contribution in [0.15, 0.2) is 11.6 Å². The zero-order chi connectivity index (χ0) is 21.5. The second-order valence-corrected chi connectivity index (χ2v) is 21.5. The van der Waals surface area contributed by atoms with Gasteiger partial charge in [0, 0.05) is 6.54 Å².